The van der Waals surface area contributed by atoms with E-state index in [2.05, 4.69) is 4.74 Å². The molecule has 0 bridgehead atoms. The number of ether oxygens (including phenoxy) is 1. The minimum Gasteiger partial charge on any atom is -0.505 e. The fraction of sp³-hybridized carbons (Fsp3) is 0.167. The molecule has 2 rings (SSSR count). The molecule has 0 aliphatic carbocycles. The van der Waals surface area contributed by atoms with Gasteiger partial charge in [0, 0.05) is 30.2 Å². The van der Waals surface area contributed by atoms with E-state index < -0.39 is 65.5 Å². The Morgan fingerprint density at radius 1 is 0.793 bits per heavy atom. The molecule has 29 heavy (non-hydrogen) atoms. The molecule has 0 unspecified atom stereocenters. The quantitative estimate of drug-likeness (QED) is 0.388. The van der Waals surface area contributed by atoms with Crippen molar-refractivity contribution in [1.82, 2.24) is 0 Å². The van der Waals surface area contributed by atoms with Crippen LogP contribution in [0.1, 0.15) is 18.1 Å². The molecule has 0 spiro atoms. The second kappa shape index (κ2) is 10.1. The number of halogens is 4. The number of carbonyl (C=O) groups excluding carboxylic acids is 1. The lowest BCUT2D eigenvalue weighted by atomic mass is 10.1. The Balaban J connectivity index is 0.000000296. The SMILES string of the molecule is CC(=O)Oc1cc(F)c(CC(=O)O)cc1F.O=C(O)Cc1cc(F)c(O)cc1F. The maximum Gasteiger partial charge on any atom is 0.308 e. The number of carboxylic acids is 2. The Hall–Kier alpha value is -3.63. The number of carbonyl (C=O) groups is 3. The van der Waals surface area contributed by atoms with E-state index in [0.29, 0.717) is 24.3 Å². The number of carboxylic acid groups (broad SMARTS) is 2. The lowest BCUT2D eigenvalue weighted by Gasteiger charge is -2.05. The van der Waals surface area contributed by atoms with Gasteiger partial charge in [0.1, 0.15) is 11.6 Å². The third-order valence-electron chi connectivity index (χ3n) is 3.15. The van der Waals surface area contributed by atoms with E-state index in [-0.39, 0.29) is 11.1 Å². The number of aromatic hydroxyl groups is 1. The Bertz CT molecular complexity index is 903. The first-order valence-electron chi connectivity index (χ1n) is 7.67. The third-order valence-corrected chi connectivity index (χ3v) is 3.15. The Labute approximate surface area is 160 Å². The van der Waals surface area contributed by atoms with Gasteiger partial charge in [-0.15, -0.1) is 0 Å². The predicted octanol–water partition coefficient (Wildman–Crippen LogP) is 2.81. The highest BCUT2D eigenvalue weighted by molar-refractivity contribution is 5.71. The molecular weight excluding hydrogens is 404 g/mol. The Morgan fingerprint density at radius 3 is 1.69 bits per heavy atom. The molecule has 2 aromatic rings. The van der Waals surface area contributed by atoms with E-state index in [1.54, 1.807) is 0 Å². The minimum absolute atomic E-state index is 0.289. The fourth-order valence-electron chi connectivity index (χ4n) is 1.98. The summed E-state index contributed by atoms with van der Waals surface area (Å²) in [5.74, 6) is -8.58. The average Bonchev–Trinajstić information content (AvgIpc) is 2.56. The number of hydrogen-bond acceptors (Lipinski definition) is 5. The van der Waals surface area contributed by atoms with Crippen LogP contribution >= 0.6 is 0 Å². The van der Waals surface area contributed by atoms with Crippen molar-refractivity contribution in [1.29, 1.82) is 0 Å². The van der Waals surface area contributed by atoms with Crippen LogP contribution in [-0.2, 0) is 27.2 Å². The number of hydrogen-bond donors (Lipinski definition) is 3. The van der Waals surface area contributed by atoms with Gasteiger partial charge in [0.15, 0.2) is 23.1 Å². The summed E-state index contributed by atoms with van der Waals surface area (Å²) in [5, 5.41) is 25.4. The largest absolute Gasteiger partial charge is 0.505 e. The number of phenols is 1. The maximum atomic E-state index is 13.2. The topological polar surface area (TPSA) is 121 Å². The van der Waals surface area contributed by atoms with Crippen molar-refractivity contribution < 1.29 is 52.0 Å². The summed E-state index contributed by atoms with van der Waals surface area (Å²) >= 11 is 0. The van der Waals surface area contributed by atoms with Gasteiger partial charge < -0.3 is 20.1 Å². The van der Waals surface area contributed by atoms with Crippen LogP contribution in [0, 0.1) is 23.3 Å². The van der Waals surface area contributed by atoms with Crippen molar-refractivity contribution in [2.75, 3.05) is 0 Å². The zero-order valence-electron chi connectivity index (χ0n) is 14.7. The molecular formula is C18H14F4O7. The lowest BCUT2D eigenvalue weighted by molar-refractivity contribution is -0.137. The van der Waals surface area contributed by atoms with Gasteiger partial charge in [-0.05, 0) is 12.1 Å². The molecule has 0 saturated carbocycles. The first-order valence-corrected chi connectivity index (χ1v) is 7.67. The second-order valence-electron chi connectivity index (χ2n) is 5.50. The van der Waals surface area contributed by atoms with Crippen LogP contribution in [0.5, 0.6) is 11.5 Å². The molecule has 0 atom stereocenters. The molecule has 0 aliphatic rings. The van der Waals surface area contributed by atoms with E-state index in [1.807, 2.05) is 0 Å². The third kappa shape index (κ3) is 7.48. The number of rotatable bonds is 5. The lowest BCUT2D eigenvalue weighted by Crippen LogP contribution is -2.07. The van der Waals surface area contributed by atoms with Gasteiger partial charge >= 0.3 is 17.9 Å². The van der Waals surface area contributed by atoms with Crippen LogP contribution in [-0.4, -0.2) is 33.2 Å². The highest BCUT2D eigenvalue weighted by Gasteiger charge is 2.14. The van der Waals surface area contributed by atoms with E-state index in [4.69, 9.17) is 15.3 Å². The van der Waals surface area contributed by atoms with Crippen molar-refractivity contribution in [2.24, 2.45) is 0 Å². The Morgan fingerprint density at radius 2 is 1.24 bits per heavy atom. The summed E-state index contributed by atoms with van der Waals surface area (Å²) in [5.41, 5.74) is -0.594. The van der Waals surface area contributed by atoms with Gasteiger partial charge in [0.25, 0.3) is 0 Å². The molecule has 0 saturated heterocycles. The van der Waals surface area contributed by atoms with Gasteiger partial charge in [-0.3, -0.25) is 14.4 Å². The van der Waals surface area contributed by atoms with E-state index in [9.17, 15) is 31.9 Å². The minimum atomic E-state index is -1.28. The van der Waals surface area contributed by atoms with Crippen LogP contribution in [0.4, 0.5) is 17.6 Å². The highest BCUT2D eigenvalue weighted by Crippen LogP contribution is 2.22. The molecule has 0 aliphatic heterocycles. The monoisotopic (exact) mass is 418 g/mol. The summed E-state index contributed by atoms with van der Waals surface area (Å²) in [7, 11) is 0. The normalized spacial score (nSPS) is 9.97. The first-order chi connectivity index (χ1) is 13.4. The van der Waals surface area contributed by atoms with Gasteiger partial charge in [-0.2, -0.15) is 0 Å². The maximum absolute atomic E-state index is 13.2. The van der Waals surface area contributed by atoms with Crippen LogP contribution in [0.25, 0.3) is 0 Å². The number of benzene rings is 2. The molecule has 2 aromatic carbocycles. The average molecular weight is 418 g/mol. The van der Waals surface area contributed by atoms with E-state index in [0.717, 1.165) is 6.92 Å². The summed E-state index contributed by atoms with van der Waals surface area (Å²) in [6, 6.07) is 2.56. The molecule has 7 nitrogen and oxygen atoms in total. The predicted molar refractivity (Wildman–Crippen MR) is 88.4 cm³/mol. The van der Waals surface area contributed by atoms with Crippen molar-refractivity contribution in [3.8, 4) is 11.5 Å². The molecule has 0 fully saturated rings. The molecule has 0 heterocycles. The van der Waals surface area contributed by atoms with Crippen molar-refractivity contribution >= 4 is 17.9 Å². The Kier molecular flexibility index (Phi) is 8.12. The second-order valence-corrected chi connectivity index (χ2v) is 5.50. The smallest absolute Gasteiger partial charge is 0.308 e. The summed E-state index contributed by atoms with van der Waals surface area (Å²) < 4.78 is 56.2. The zero-order chi connectivity index (χ0) is 22.3. The molecule has 0 aromatic heterocycles. The molecule has 0 amide bonds. The van der Waals surface area contributed by atoms with Crippen LogP contribution in [0.15, 0.2) is 24.3 Å². The standard InChI is InChI=1S/C10H8F2O4.C8H6F2O3/c1-5(13)16-9-4-7(11)6(2-8(9)12)3-10(14)15;9-5-3-7(11)6(10)1-4(5)2-8(12)13/h2,4H,3H2,1H3,(H,14,15);1,3,11H,2H2,(H,12,13). The number of esters is 1. The van der Waals surface area contributed by atoms with Crippen LogP contribution in [0.3, 0.4) is 0 Å². The van der Waals surface area contributed by atoms with Crippen molar-refractivity contribution in [2.45, 2.75) is 19.8 Å². The molecule has 0 radical (unpaired) electrons. The summed E-state index contributed by atoms with van der Waals surface area (Å²) in [6.07, 6.45) is -1.24. The van der Waals surface area contributed by atoms with Crippen LogP contribution in [0.2, 0.25) is 0 Å². The van der Waals surface area contributed by atoms with Gasteiger partial charge in [0.05, 0.1) is 12.8 Å². The van der Waals surface area contributed by atoms with Gasteiger partial charge in [0.2, 0.25) is 0 Å². The number of aliphatic carboxylic acids is 2. The van der Waals surface area contributed by atoms with E-state index in [1.165, 1.54) is 0 Å². The summed E-state index contributed by atoms with van der Waals surface area (Å²) in [6.45, 7) is 1.04. The van der Waals surface area contributed by atoms with E-state index >= 15 is 0 Å². The van der Waals surface area contributed by atoms with Crippen molar-refractivity contribution in [3.63, 3.8) is 0 Å². The summed E-state index contributed by atoms with van der Waals surface area (Å²) in [4.78, 5) is 31.0. The zero-order valence-corrected chi connectivity index (χ0v) is 14.7. The number of phenolic OH excluding ortho intramolecular Hbond substituents is 1. The van der Waals surface area contributed by atoms with Gasteiger partial charge in [-0.25, -0.2) is 17.6 Å². The van der Waals surface area contributed by atoms with Crippen LogP contribution < -0.4 is 4.74 Å². The molecule has 156 valence electrons. The fourth-order valence-corrected chi connectivity index (χ4v) is 1.98. The molecule has 11 heteroatoms. The molecule has 3 N–H and O–H groups in total. The highest BCUT2D eigenvalue weighted by atomic mass is 19.1. The van der Waals surface area contributed by atoms with Gasteiger partial charge in [-0.1, -0.05) is 0 Å². The van der Waals surface area contributed by atoms with Crippen molar-refractivity contribution in [3.05, 3.63) is 58.7 Å². The first kappa shape index (κ1) is 23.4.